The average molecular weight is 402 g/mol. The second-order valence-electron chi connectivity index (χ2n) is 7.24. The Bertz CT molecular complexity index is 762. The Hall–Kier alpha value is -1.68. The number of carbonyl (C=O) groups is 1. The maximum Gasteiger partial charge on any atom is 0.337 e. The van der Waals surface area contributed by atoms with Crippen LogP contribution in [-0.4, -0.2) is 16.1 Å². The lowest BCUT2D eigenvalue weighted by Gasteiger charge is -2.18. The van der Waals surface area contributed by atoms with E-state index in [0.29, 0.717) is 11.5 Å². The van der Waals surface area contributed by atoms with Crippen molar-refractivity contribution < 1.29 is 9.90 Å². The molecule has 1 heterocycles. The molecule has 0 bridgehead atoms. The molecule has 1 aromatic heterocycles. The Morgan fingerprint density at radius 1 is 1.24 bits per heavy atom. The molecule has 0 radical (unpaired) electrons. The van der Waals surface area contributed by atoms with E-state index in [4.69, 9.17) is 4.98 Å². The molecule has 1 aromatic carbocycles. The van der Waals surface area contributed by atoms with Crippen molar-refractivity contribution in [2.75, 3.05) is 0 Å². The van der Waals surface area contributed by atoms with Gasteiger partial charge in [0.1, 0.15) is 0 Å². The molecule has 1 aliphatic carbocycles. The third-order valence-corrected chi connectivity index (χ3v) is 5.55. The number of halogens is 1. The molecule has 0 saturated heterocycles. The van der Waals surface area contributed by atoms with E-state index in [1.165, 1.54) is 25.7 Å². The van der Waals surface area contributed by atoms with Crippen molar-refractivity contribution in [2.45, 2.75) is 51.9 Å². The highest BCUT2D eigenvalue weighted by molar-refractivity contribution is 9.10. The predicted octanol–water partition coefficient (Wildman–Crippen LogP) is 6.07. The number of aromatic carboxylic acids is 1. The van der Waals surface area contributed by atoms with Gasteiger partial charge in [-0.05, 0) is 42.0 Å². The predicted molar refractivity (Wildman–Crippen MR) is 104 cm³/mol. The molecule has 3 nitrogen and oxygen atoms in total. The molecule has 0 atom stereocenters. The average Bonchev–Trinajstić information content (AvgIpc) is 3.08. The number of aromatic nitrogens is 1. The van der Waals surface area contributed by atoms with Gasteiger partial charge in [0.05, 0.1) is 17.0 Å². The van der Waals surface area contributed by atoms with E-state index in [1.807, 2.05) is 30.3 Å². The standard InChI is InChI=1S/C21H24BrNO2/c1-13(2)20-17(15-7-9-16(22)10-8-15)12-18(21(24)25)19(23-20)11-14-5-3-4-6-14/h7-10,12-14H,3-6,11H2,1-2H3,(H,24,25). The van der Waals surface area contributed by atoms with Crippen LogP contribution < -0.4 is 0 Å². The molecule has 0 spiro atoms. The van der Waals surface area contributed by atoms with Gasteiger partial charge in [0.2, 0.25) is 0 Å². The van der Waals surface area contributed by atoms with Crippen LogP contribution in [0.1, 0.15) is 67.2 Å². The van der Waals surface area contributed by atoms with Crippen molar-refractivity contribution in [1.82, 2.24) is 4.98 Å². The van der Waals surface area contributed by atoms with E-state index < -0.39 is 5.97 Å². The summed E-state index contributed by atoms with van der Waals surface area (Å²) < 4.78 is 1.01. The Kier molecular flexibility index (Phi) is 5.57. The van der Waals surface area contributed by atoms with Gasteiger partial charge < -0.3 is 5.11 Å². The molecule has 1 N–H and O–H groups in total. The summed E-state index contributed by atoms with van der Waals surface area (Å²) in [5, 5.41) is 9.74. The lowest BCUT2D eigenvalue weighted by molar-refractivity contribution is 0.0695. The van der Waals surface area contributed by atoms with Crippen LogP contribution in [0, 0.1) is 5.92 Å². The number of carboxylic acids is 1. The van der Waals surface area contributed by atoms with Crippen LogP contribution in [0.15, 0.2) is 34.8 Å². The first-order valence-electron chi connectivity index (χ1n) is 8.98. The van der Waals surface area contributed by atoms with Crippen molar-refractivity contribution in [3.05, 3.63) is 51.8 Å². The smallest absolute Gasteiger partial charge is 0.337 e. The van der Waals surface area contributed by atoms with Gasteiger partial charge in [-0.15, -0.1) is 0 Å². The van der Waals surface area contributed by atoms with E-state index >= 15 is 0 Å². The number of pyridine rings is 1. The van der Waals surface area contributed by atoms with E-state index in [-0.39, 0.29) is 5.92 Å². The molecular weight excluding hydrogens is 378 g/mol. The lowest BCUT2D eigenvalue weighted by Crippen LogP contribution is -2.12. The number of hydrogen-bond acceptors (Lipinski definition) is 2. The van der Waals surface area contributed by atoms with Gasteiger partial charge >= 0.3 is 5.97 Å². The largest absolute Gasteiger partial charge is 0.478 e. The molecular formula is C21H24BrNO2. The minimum absolute atomic E-state index is 0.240. The maximum atomic E-state index is 11.9. The summed E-state index contributed by atoms with van der Waals surface area (Å²) >= 11 is 3.45. The molecule has 0 amide bonds. The highest BCUT2D eigenvalue weighted by Crippen LogP contribution is 2.33. The number of hydrogen-bond donors (Lipinski definition) is 1. The van der Waals surface area contributed by atoms with Crippen molar-refractivity contribution in [1.29, 1.82) is 0 Å². The first-order chi connectivity index (χ1) is 12.0. The Balaban J connectivity index is 2.09. The molecule has 132 valence electrons. The van der Waals surface area contributed by atoms with Crippen LogP contribution >= 0.6 is 15.9 Å². The van der Waals surface area contributed by atoms with E-state index in [9.17, 15) is 9.90 Å². The van der Waals surface area contributed by atoms with Crippen LogP contribution in [-0.2, 0) is 6.42 Å². The molecule has 2 aromatic rings. The van der Waals surface area contributed by atoms with E-state index in [2.05, 4.69) is 29.8 Å². The van der Waals surface area contributed by atoms with Crippen LogP contribution in [0.2, 0.25) is 0 Å². The van der Waals surface area contributed by atoms with Gasteiger partial charge in [-0.3, -0.25) is 4.98 Å². The van der Waals surface area contributed by atoms with Crippen LogP contribution in [0.25, 0.3) is 11.1 Å². The van der Waals surface area contributed by atoms with Gasteiger partial charge in [0.15, 0.2) is 0 Å². The minimum Gasteiger partial charge on any atom is -0.478 e. The third kappa shape index (κ3) is 4.12. The Morgan fingerprint density at radius 2 is 1.88 bits per heavy atom. The van der Waals surface area contributed by atoms with Gasteiger partial charge in [-0.1, -0.05) is 67.6 Å². The van der Waals surface area contributed by atoms with Gasteiger partial charge in [0, 0.05) is 10.0 Å². The molecule has 1 aliphatic rings. The number of benzene rings is 1. The molecule has 0 aliphatic heterocycles. The monoisotopic (exact) mass is 401 g/mol. The summed E-state index contributed by atoms with van der Waals surface area (Å²) in [6.45, 7) is 4.23. The van der Waals surface area contributed by atoms with Crippen molar-refractivity contribution in [3.63, 3.8) is 0 Å². The summed E-state index contributed by atoms with van der Waals surface area (Å²) in [6, 6.07) is 9.81. The molecule has 1 saturated carbocycles. The number of rotatable bonds is 5. The quantitative estimate of drug-likeness (QED) is 0.661. The SMILES string of the molecule is CC(C)c1nc(CC2CCCC2)c(C(=O)O)cc1-c1ccc(Br)cc1. The summed E-state index contributed by atoms with van der Waals surface area (Å²) in [5.41, 5.74) is 4.03. The Morgan fingerprint density at radius 3 is 2.44 bits per heavy atom. The summed E-state index contributed by atoms with van der Waals surface area (Å²) in [6.07, 6.45) is 5.66. The van der Waals surface area contributed by atoms with E-state index in [0.717, 1.165) is 33.4 Å². The maximum absolute atomic E-state index is 11.9. The zero-order chi connectivity index (χ0) is 18.0. The second kappa shape index (κ2) is 7.69. The first-order valence-corrected chi connectivity index (χ1v) is 9.78. The Labute approximate surface area is 157 Å². The molecule has 0 unspecified atom stereocenters. The second-order valence-corrected chi connectivity index (χ2v) is 8.15. The topological polar surface area (TPSA) is 50.2 Å². The van der Waals surface area contributed by atoms with Gasteiger partial charge in [-0.25, -0.2) is 4.79 Å². The molecule has 3 rings (SSSR count). The third-order valence-electron chi connectivity index (χ3n) is 5.02. The van der Waals surface area contributed by atoms with Crippen molar-refractivity contribution >= 4 is 21.9 Å². The number of carboxylic acid groups (broad SMARTS) is 1. The summed E-state index contributed by atoms with van der Waals surface area (Å²) in [4.78, 5) is 16.7. The summed E-state index contributed by atoms with van der Waals surface area (Å²) in [5.74, 6) is -0.0675. The van der Waals surface area contributed by atoms with Crippen molar-refractivity contribution in [2.24, 2.45) is 5.92 Å². The summed E-state index contributed by atoms with van der Waals surface area (Å²) in [7, 11) is 0. The fourth-order valence-electron chi connectivity index (χ4n) is 3.70. The van der Waals surface area contributed by atoms with Gasteiger partial charge in [0.25, 0.3) is 0 Å². The van der Waals surface area contributed by atoms with Crippen molar-refractivity contribution in [3.8, 4) is 11.1 Å². The van der Waals surface area contributed by atoms with Crippen LogP contribution in [0.4, 0.5) is 0 Å². The van der Waals surface area contributed by atoms with Gasteiger partial charge in [-0.2, -0.15) is 0 Å². The van der Waals surface area contributed by atoms with Crippen LogP contribution in [0.5, 0.6) is 0 Å². The number of nitrogens with zero attached hydrogens (tertiary/aromatic N) is 1. The molecule has 1 fully saturated rings. The lowest BCUT2D eigenvalue weighted by atomic mass is 9.92. The highest BCUT2D eigenvalue weighted by atomic mass is 79.9. The zero-order valence-electron chi connectivity index (χ0n) is 14.8. The highest BCUT2D eigenvalue weighted by Gasteiger charge is 2.23. The molecule has 25 heavy (non-hydrogen) atoms. The normalized spacial score (nSPS) is 15.0. The van der Waals surface area contributed by atoms with Crippen LogP contribution in [0.3, 0.4) is 0 Å². The first kappa shape index (κ1) is 18.1. The zero-order valence-corrected chi connectivity index (χ0v) is 16.3. The van der Waals surface area contributed by atoms with E-state index in [1.54, 1.807) is 0 Å². The fraction of sp³-hybridized carbons (Fsp3) is 0.429. The molecule has 4 heteroatoms. The minimum atomic E-state index is -0.880. The fourth-order valence-corrected chi connectivity index (χ4v) is 3.96.